The highest BCUT2D eigenvalue weighted by Gasteiger charge is 1.78. The summed E-state index contributed by atoms with van der Waals surface area (Å²) in [6, 6.07) is 0. The summed E-state index contributed by atoms with van der Waals surface area (Å²) in [7, 11) is 0. The lowest BCUT2D eigenvalue weighted by Gasteiger charge is -1.96. The van der Waals surface area contributed by atoms with E-state index >= 15 is 0 Å². The Kier molecular flexibility index (Phi) is 3.19. The van der Waals surface area contributed by atoms with Crippen LogP contribution in [-0.4, -0.2) is 11.7 Å². The van der Waals surface area contributed by atoms with Crippen LogP contribution in [-0.2, 0) is 0 Å². The second kappa shape index (κ2) is 3.53. The highest BCUT2D eigenvalue weighted by Crippen LogP contribution is 1.75. The van der Waals surface area contributed by atoms with Crippen molar-refractivity contribution in [3.05, 3.63) is 12.0 Å². The predicted octanol–water partition coefficient (Wildman–Crippen LogP) is 1.02. The third-order valence-electron chi connectivity index (χ3n) is 0.631. The fourth-order valence-electron chi connectivity index (χ4n) is 0.283. The minimum atomic E-state index is 0.252. The molecule has 0 saturated carbocycles. The van der Waals surface area contributed by atoms with Gasteiger partial charge in [-0.05, 0) is 19.9 Å². The molecule has 0 aromatic rings. The van der Waals surface area contributed by atoms with Crippen LogP contribution in [0.5, 0.6) is 0 Å². The van der Waals surface area contributed by atoms with Gasteiger partial charge < -0.3 is 10.4 Å². The van der Waals surface area contributed by atoms with Gasteiger partial charge in [0.2, 0.25) is 0 Å². The minimum absolute atomic E-state index is 0.252. The van der Waals surface area contributed by atoms with E-state index in [2.05, 4.69) is 5.32 Å². The zero-order valence-electron chi connectivity index (χ0n) is 4.73. The van der Waals surface area contributed by atoms with E-state index in [0.29, 0.717) is 0 Å². The summed E-state index contributed by atoms with van der Waals surface area (Å²) >= 11 is 0. The Balaban J connectivity index is 3.17. The predicted molar refractivity (Wildman–Crippen MR) is 30.1 cm³/mol. The van der Waals surface area contributed by atoms with Gasteiger partial charge in [0.05, 0.1) is 0 Å². The average molecular weight is 101 g/mol. The molecule has 0 rings (SSSR count). The van der Waals surface area contributed by atoms with Crippen molar-refractivity contribution < 1.29 is 5.11 Å². The normalized spacial score (nSPS) is 11.4. The molecule has 0 unspecified atom stereocenters. The largest absolute Gasteiger partial charge is 0.495 e. The SMILES string of the molecule is CC=C(O)NCC. The lowest BCUT2D eigenvalue weighted by molar-refractivity contribution is 0.366. The van der Waals surface area contributed by atoms with Gasteiger partial charge in [-0.15, -0.1) is 0 Å². The van der Waals surface area contributed by atoms with Gasteiger partial charge in [-0.1, -0.05) is 0 Å². The van der Waals surface area contributed by atoms with Gasteiger partial charge >= 0.3 is 0 Å². The maximum absolute atomic E-state index is 8.61. The van der Waals surface area contributed by atoms with Gasteiger partial charge in [-0.25, -0.2) is 0 Å². The molecule has 0 aliphatic heterocycles. The quantitative estimate of drug-likeness (QED) is 0.509. The van der Waals surface area contributed by atoms with Crippen LogP contribution in [0.2, 0.25) is 0 Å². The third-order valence-corrected chi connectivity index (χ3v) is 0.631. The average Bonchev–Trinajstić information content (AvgIpc) is 1.68. The number of hydrogen-bond acceptors (Lipinski definition) is 2. The molecule has 0 aromatic carbocycles. The molecule has 2 N–H and O–H groups in total. The van der Waals surface area contributed by atoms with Crippen molar-refractivity contribution >= 4 is 0 Å². The number of nitrogens with one attached hydrogen (secondary N) is 1. The summed E-state index contributed by atoms with van der Waals surface area (Å²) in [4.78, 5) is 0. The van der Waals surface area contributed by atoms with E-state index in [1.54, 1.807) is 13.0 Å². The molecule has 0 amide bonds. The molecule has 42 valence electrons. The highest BCUT2D eigenvalue weighted by atomic mass is 16.3. The van der Waals surface area contributed by atoms with E-state index < -0.39 is 0 Å². The Labute approximate surface area is 43.9 Å². The van der Waals surface area contributed by atoms with Gasteiger partial charge in [0, 0.05) is 6.54 Å². The van der Waals surface area contributed by atoms with E-state index in [-0.39, 0.29) is 5.88 Å². The van der Waals surface area contributed by atoms with E-state index in [4.69, 9.17) is 5.11 Å². The molecule has 0 aromatic heterocycles. The molecule has 0 aliphatic carbocycles. The number of aliphatic hydroxyl groups excluding tert-OH is 1. The maximum atomic E-state index is 8.61. The molecule has 2 nitrogen and oxygen atoms in total. The van der Waals surface area contributed by atoms with Gasteiger partial charge in [0.15, 0.2) is 5.88 Å². The topological polar surface area (TPSA) is 32.3 Å². The van der Waals surface area contributed by atoms with E-state index in [1.807, 2.05) is 6.92 Å². The fourth-order valence-corrected chi connectivity index (χ4v) is 0.283. The minimum Gasteiger partial charge on any atom is -0.495 e. The van der Waals surface area contributed by atoms with Crippen LogP contribution in [0.15, 0.2) is 12.0 Å². The van der Waals surface area contributed by atoms with Crippen molar-refractivity contribution in [1.29, 1.82) is 0 Å². The Morgan fingerprint density at radius 2 is 2.43 bits per heavy atom. The highest BCUT2D eigenvalue weighted by molar-refractivity contribution is 4.82. The van der Waals surface area contributed by atoms with Crippen molar-refractivity contribution in [3.8, 4) is 0 Å². The van der Waals surface area contributed by atoms with Crippen molar-refractivity contribution in [2.24, 2.45) is 0 Å². The summed E-state index contributed by atoms with van der Waals surface area (Å²) in [5.74, 6) is 0.252. The standard InChI is InChI=1S/C5H11NO/c1-3-5(7)6-4-2/h3,6-7H,4H2,1-2H3. The molecule has 0 spiro atoms. The van der Waals surface area contributed by atoms with Crippen LogP contribution >= 0.6 is 0 Å². The molecular weight excluding hydrogens is 90.1 g/mol. The van der Waals surface area contributed by atoms with Crippen LogP contribution in [0.3, 0.4) is 0 Å². The van der Waals surface area contributed by atoms with Gasteiger partial charge in [0.1, 0.15) is 0 Å². The summed E-state index contributed by atoms with van der Waals surface area (Å²) in [5.41, 5.74) is 0. The third kappa shape index (κ3) is 3.16. The van der Waals surface area contributed by atoms with Crippen LogP contribution in [0.1, 0.15) is 13.8 Å². The Bertz CT molecular complexity index is 68.5. The maximum Gasteiger partial charge on any atom is 0.179 e. The monoisotopic (exact) mass is 101 g/mol. The molecule has 2 heteroatoms. The van der Waals surface area contributed by atoms with Crippen LogP contribution < -0.4 is 5.32 Å². The summed E-state index contributed by atoms with van der Waals surface area (Å²) in [6.07, 6.45) is 1.61. The molecule has 0 aliphatic rings. The summed E-state index contributed by atoms with van der Waals surface area (Å²) in [5, 5.41) is 11.3. The zero-order valence-corrected chi connectivity index (χ0v) is 4.73. The zero-order chi connectivity index (χ0) is 5.70. The molecule has 0 saturated heterocycles. The van der Waals surface area contributed by atoms with E-state index in [0.717, 1.165) is 6.54 Å². The first-order valence-corrected chi connectivity index (χ1v) is 2.40. The summed E-state index contributed by atoms with van der Waals surface area (Å²) < 4.78 is 0. The molecule has 0 heterocycles. The van der Waals surface area contributed by atoms with Crippen LogP contribution in [0, 0.1) is 0 Å². The second-order valence-corrected chi connectivity index (χ2v) is 1.20. The van der Waals surface area contributed by atoms with Crippen molar-refractivity contribution in [2.75, 3.05) is 6.54 Å². The second-order valence-electron chi connectivity index (χ2n) is 1.20. The molecule has 0 atom stereocenters. The summed E-state index contributed by atoms with van der Waals surface area (Å²) in [6.45, 7) is 4.48. The molecule has 7 heavy (non-hydrogen) atoms. The van der Waals surface area contributed by atoms with Gasteiger partial charge in [-0.2, -0.15) is 0 Å². The van der Waals surface area contributed by atoms with E-state index in [1.165, 1.54) is 0 Å². The molecular formula is C5H11NO. The number of allylic oxidation sites excluding steroid dienone is 1. The first-order valence-electron chi connectivity index (χ1n) is 2.40. The van der Waals surface area contributed by atoms with Crippen molar-refractivity contribution in [1.82, 2.24) is 5.32 Å². The number of hydrogen-bond donors (Lipinski definition) is 2. The Morgan fingerprint density at radius 1 is 1.86 bits per heavy atom. The molecule has 0 fully saturated rings. The number of aliphatic hydroxyl groups is 1. The van der Waals surface area contributed by atoms with Crippen LogP contribution in [0.4, 0.5) is 0 Å². The Hall–Kier alpha value is -0.660. The van der Waals surface area contributed by atoms with Gasteiger partial charge in [-0.3, -0.25) is 0 Å². The molecule has 0 bridgehead atoms. The molecule has 0 radical (unpaired) electrons. The Morgan fingerprint density at radius 3 is 2.57 bits per heavy atom. The fraction of sp³-hybridized carbons (Fsp3) is 0.600. The lowest BCUT2D eigenvalue weighted by atomic mass is 10.6. The van der Waals surface area contributed by atoms with Gasteiger partial charge in [0.25, 0.3) is 0 Å². The first kappa shape index (κ1) is 6.34. The smallest absolute Gasteiger partial charge is 0.179 e. The lowest BCUT2D eigenvalue weighted by Crippen LogP contribution is -2.10. The van der Waals surface area contributed by atoms with Crippen molar-refractivity contribution in [2.45, 2.75) is 13.8 Å². The number of rotatable bonds is 2. The van der Waals surface area contributed by atoms with Crippen LogP contribution in [0.25, 0.3) is 0 Å². The van der Waals surface area contributed by atoms with Crippen molar-refractivity contribution in [3.63, 3.8) is 0 Å². The van der Waals surface area contributed by atoms with E-state index in [9.17, 15) is 0 Å². The first-order chi connectivity index (χ1) is 3.31.